The predicted octanol–water partition coefficient (Wildman–Crippen LogP) is 0.0145. The van der Waals surface area contributed by atoms with E-state index in [4.69, 9.17) is 0 Å². The van der Waals surface area contributed by atoms with Crippen LogP contribution >= 0.6 is 0 Å². The van der Waals surface area contributed by atoms with Crippen molar-refractivity contribution in [2.45, 2.75) is 46.6 Å². The zero-order valence-electron chi connectivity index (χ0n) is 11.3. The van der Waals surface area contributed by atoms with Crippen molar-refractivity contribution in [1.82, 2.24) is 0 Å². The van der Waals surface area contributed by atoms with E-state index in [9.17, 15) is 0 Å². The van der Waals surface area contributed by atoms with Gasteiger partial charge in [0.05, 0.1) is 0 Å². The van der Waals surface area contributed by atoms with E-state index in [1.54, 1.807) is 0 Å². The third-order valence-corrected chi connectivity index (χ3v) is 3.02. The Hall–Kier alpha value is -0.570. The lowest BCUT2D eigenvalue weighted by molar-refractivity contribution is -0.697. The van der Waals surface area contributed by atoms with Gasteiger partial charge in [0.15, 0.2) is 12.4 Å². The Bertz CT molecular complexity index is 281. The Morgan fingerprint density at radius 2 is 1.59 bits per heavy atom. The van der Waals surface area contributed by atoms with Crippen LogP contribution in [0.15, 0.2) is 24.5 Å². The summed E-state index contributed by atoms with van der Waals surface area (Å²) in [7, 11) is 0. The van der Waals surface area contributed by atoms with E-state index in [0.29, 0.717) is 0 Å². The molecule has 0 bridgehead atoms. The Labute approximate surface area is 116 Å². The molecule has 0 atom stereocenters. The van der Waals surface area contributed by atoms with Crippen molar-refractivity contribution < 1.29 is 21.5 Å². The predicted molar refractivity (Wildman–Crippen MR) is 69.7 cm³/mol. The molecule has 1 heterocycles. The number of nitrogens with zero attached hydrogens (tertiary/aromatic N) is 2. The van der Waals surface area contributed by atoms with Crippen molar-refractivity contribution in [2.75, 3.05) is 18.0 Å². The number of hydrogen-bond acceptors (Lipinski definition) is 1. The van der Waals surface area contributed by atoms with Crippen LogP contribution in [-0.2, 0) is 6.54 Å². The number of pyridine rings is 1. The second-order valence-corrected chi connectivity index (χ2v) is 4.17. The molecule has 1 rings (SSSR count). The zero-order chi connectivity index (χ0) is 11.8. The van der Waals surface area contributed by atoms with E-state index in [1.807, 2.05) is 0 Å². The highest BCUT2D eigenvalue weighted by molar-refractivity contribution is 5.43. The van der Waals surface area contributed by atoms with Crippen LogP contribution in [0.25, 0.3) is 0 Å². The van der Waals surface area contributed by atoms with Gasteiger partial charge >= 0.3 is 0 Å². The molecule has 1 aromatic heterocycles. The van der Waals surface area contributed by atoms with Gasteiger partial charge in [0.2, 0.25) is 0 Å². The molecule has 0 aliphatic carbocycles. The van der Waals surface area contributed by atoms with Crippen LogP contribution in [0.5, 0.6) is 0 Å². The Kier molecular flexibility index (Phi) is 9.14. The number of hydrogen-bond donors (Lipinski definition) is 0. The SMILES string of the molecule is CCCCC[n+]1ccc(N(CC)CC)cc1.[Br-]. The highest BCUT2D eigenvalue weighted by atomic mass is 79.9. The van der Waals surface area contributed by atoms with Crippen molar-refractivity contribution in [2.24, 2.45) is 0 Å². The zero-order valence-corrected chi connectivity index (χ0v) is 12.9. The molecule has 0 radical (unpaired) electrons. The summed E-state index contributed by atoms with van der Waals surface area (Å²) in [4.78, 5) is 2.37. The fourth-order valence-corrected chi connectivity index (χ4v) is 1.94. The maximum absolute atomic E-state index is 2.37. The quantitative estimate of drug-likeness (QED) is 0.508. The summed E-state index contributed by atoms with van der Waals surface area (Å²) < 4.78 is 2.28. The minimum Gasteiger partial charge on any atom is -1.00 e. The second-order valence-electron chi connectivity index (χ2n) is 4.17. The van der Waals surface area contributed by atoms with Crippen LogP contribution in [0.4, 0.5) is 5.69 Å². The molecular formula is C14H25BrN2. The van der Waals surface area contributed by atoms with E-state index in [-0.39, 0.29) is 17.0 Å². The maximum atomic E-state index is 2.37. The Morgan fingerprint density at radius 1 is 1.00 bits per heavy atom. The molecule has 0 spiro atoms. The summed E-state index contributed by atoms with van der Waals surface area (Å²) >= 11 is 0. The van der Waals surface area contributed by atoms with Gasteiger partial charge in [0.1, 0.15) is 6.54 Å². The molecule has 3 heteroatoms. The number of aryl methyl sites for hydroxylation is 1. The first-order valence-corrected chi connectivity index (χ1v) is 6.55. The van der Waals surface area contributed by atoms with Crippen LogP contribution in [0, 0.1) is 0 Å². The van der Waals surface area contributed by atoms with Crippen molar-refractivity contribution in [1.29, 1.82) is 0 Å². The van der Waals surface area contributed by atoms with Crippen LogP contribution in [0.2, 0.25) is 0 Å². The topological polar surface area (TPSA) is 7.12 Å². The lowest BCUT2D eigenvalue weighted by Crippen LogP contribution is -3.00. The summed E-state index contributed by atoms with van der Waals surface area (Å²) in [5, 5.41) is 0. The Morgan fingerprint density at radius 3 is 2.06 bits per heavy atom. The van der Waals surface area contributed by atoms with E-state index in [0.717, 1.165) is 19.6 Å². The summed E-state index contributed by atoms with van der Waals surface area (Å²) in [6.07, 6.45) is 8.29. The Balaban J connectivity index is 0.00000256. The first kappa shape index (κ1) is 16.4. The van der Waals surface area contributed by atoms with Gasteiger partial charge in [-0.15, -0.1) is 0 Å². The molecule has 0 aliphatic rings. The first-order valence-electron chi connectivity index (χ1n) is 6.55. The smallest absolute Gasteiger partial charge is 0.170 e. The van der Waals surface area contributed by atoms with Crippen LogP contribution in [0.3, 0.4) is 0 Å². The number of halogens is 1. The van der Waals surface area contributed by atoms with Gasteiger partial charge in [-0.25, -0.2) is 4.57 Å². The summed E-state index contributed by atoms with van der Waals surface area (Å²) in [6, 6.07) is 4.44. The van der Waals surface area contributed by atoms with E-state index < -0.39 is 0 Å². The van der Waals surface area contributed by atoms with E-state index in [1.165, 1.54) is 24.9 Å². The van der Waals surface area contributed by atoms with Gasteiger partial charge in [-0.05, 0) is 20.3 Å². The summed E-state index contributed by atoms with van der Waals surface area (Å²) in [5.41, 5.74) is 1.33. The third kappa shape index (κ3) is 5.53. The van der Waals surface area contributed by atoms with Crippen molar-refractivity contribution in [3.8, 4) is 0 Å². The van der Waals surface area contributed by atoms with Gasteiger partial charge in [0, 0.05) is 37.3 Å². The van der Waals surface area contributed by atoms with Gasteiger partial charge in [-0.3, -0.25) is 0 Å². The highest BCUT2D eigenvalue weighted by Crippen LogP contribution is 2.10. The molecule has 0 saturated carbocycles. The molecule has 0 aromatic carbocycles. The number of unbranched alkanes of at least 4 members (excludes halogenated alkanes) is 2. The van der Waals surface area contributed by atoms with Gasteiger partial charge in [0.25, 0.3) is 0 Å². The average molecular weight is 301 g/mol. The van der Waals surface area contributed by atoms with E-state index >= 15 is 0 Å². The molecular weight excluding hydrogens is 276 g/mol. The minimum atomic E-state index is 0. The molecule has 0 aliphatic heterocycles. The number of rotatable bonds is 7. The molecule has 0 N–H and O–H groups in total. The first-order chi connectivity index (χ1) is 7.81. The molecule has 0 unspecified atom stereocenters. The standard InChI is InChI=1S/C14H25N2.BrH/c1-4-7-8-11-15-12-9-14(10-13-15)16(5-2)6-3;/h9-10,12-13H,4-8,11H2,1-3H3;1H/q+1;/p-1. The molecule has 98 valence electrons. The fourth-order valence-electron chi connectivity index (χ4n) is 1.94. The monoisotopic (exact) mass is 300 g/mol. The van der Waals surface area contributed by atoms with Crippen molar-refractivity contribution in [3.05, 3.63) is 24.5 Å². The largest absolute Gasteiger partial charge is 1.00 e. The molecule has 2 nitrogen and oxygen atoms in total. The second kappa shape index (κ2) is 9.46. The fraction of sp³-hybridized carbons (Fsp3) is 0.643. The molecule has 1 aromatic rings. The maximum Gasteiger partial charge on any atom is 0.170 e. The average Bonchev–Trinajstić information content (AvgIpc) is 2.33. The normalized spacial score (nSPS) is 9.82. The summed E-state index contributed by atoms with van der Waals surface area (Å²) in [6.45, 7) is 9.95. The molecule has 0 saturated heterocycles. The van der Waals surface area contributed by atoms with E-state index in [2.05, 4.69) is 54.8 Å². The lowest BCUT2D eigenvalue weighted by Gasteiger charge is -2.19. The van der Waals surface area contributed by atoms with Crippen LogP contribution in [-0.4, -0.2) is 13.1 Å². The highest BCUT2D eigenvalue weighted by Gasteiger charge is 2.04. The van der Waals surface area contributed by atoms with Crippen molar-refractivity contribution in [3.63, 3.8) is 0 Å². The molecule has 17 heavy (non-hydrogen) atoms. The number of aromatic nitrogens is 1. The summed E-state index contributed by atoms with van der Waals surface area (Å²) in [5.74, 6) is 0. The molecule has 0 amide bonds. The van der Waals surface area contributed by atoms with Gasteiger partial charge in [-0.2, -0.15) is 0 Å². The third-order valence-electron chi connectivity index (χ3n) is 3.02. The molecule has 0 fully saturated rings. The van der Waals surface area contributed by atoms with Gasteiger partial charge in [-0.1, -0.05) is 13.3 Å². The van der Waals surface area contributed by atoms with Crippen LogP contribution in [0.1, 0.15) is 40.0 Å². The van der Waals surface area contributed by atoms with Gasteiger partial charge < -0.3 is 21.9 Å². The number of anilines is 1. The minimum absolute atomic E-state index is 0. The lowest BCUT2D eigenvalue weighted by atomic mass is 10.2. The van der Waals surface area contributed by atoms with Crippen molar-refractivity contribution >= 4 is 5.69 Å². The van der Waals surface area contributed by atoms with Crippen LogP contribution < -0.4 is 26.4 Å².